The van der Waals surface area contributed by atoms with E-state index in [-0.39, 0.29) is 17.7 Å². The van der Waals surface area contributed by atoms with Gasteiger partial charge in [-0.2, -0.15) is 0 Å². The summed E-state index contributed by atoms with van der Waals surface area (Å²) in [6.07, 6.45) is 2.87. The number of nitrogens with one attached hydrogen (secondary N) is 1. The third kappa shape index (κ3) is 4.59. The molecule has 1 aliphatic carbocycles. The fourth-order valence-corrected chi connectivity index (χ4v) is 5.26. The van der Waals surface area contributed by atoms with Gasteiger partial charge in [-0.15, -0.1) is 0 Å². The van der Waals surface area contributed by atoms with Crippen LogP contribution in [0.4, 0.5) is 8.78 Å². The molecule has 1 aliphatic heterocycles. The summed E-state index contributed by atoms with van der Waals surface area (Å²) in [6, 6.07) is 8.72. The predicted molar refractivity (Wildman–Crippen MR) is 119 cm³/mol. The Morgan fingerprint density at radius 3 is 2.45 bits per heavy atom. The van der Waals surface area contributed by atoms with Crippen LogP contribution in [0.15, 0.2) is 36.4 Å². The number of hydrogen-bond acceptors (Lipinski definition) is 2. The summed E-state index contributed by atoms with van der Waals surface area (Å²) in [5.74, 6) is -2.08. The van der Waals surface area contributed by atoms with Gasteiger partial charge in [0.1, 0.15) is 0 Å². The van der Waals surface area contributed by atoms with Crippen molar-refractivity contribution in [3.05, 3.63) is 69.2 Å². The van der Waals surface area contributed by atoms with Crippen molar-refractivity contribution in [2.75, 3.05) is 13.1 Å². The van der Waals surface area contributed by atoms with Gasteiger partial charge >= 0.3 is 0 Å². The minimum absolute atomic E-state index is 0.0327. The molecule has 0 aromatic heterocycles. The lowest BCUT2D eigenvalue weighted by atomic mass is 9.86. The van der Waals surface area contributed by atoms with Crippen molar-refractivity contribution in [3.63, 3.8) is 0 Å². The summed E-state index contributed by atoms with van der Waals surface area (Å²) in [4.78, 5) is 15.5. The van der Waals surface area contributed by atoms with Gasteiger partial charge < -0.3 is 5.32 Å². The second-order valence-electron chi connectivity index (χ2n) is 9.08. The Bertz CT molecular complexity index is 992. The summed E-state index contributed by atoms with van der Waals surface area (Å²) < 4.78 is 27.6. The van der Waals surface area contributed by atoms with E-state index in [4.69, 9.17) is 23.2 Å². The van der Waals surface area contributed by atoms with E-state index in [0.29, 0.717) is 22.0 Å². The highest BCUT2D eigenvalue weighted by molar-refractivity contribution is 6.35. The van der Waals surface area contributed by atoms with Crippen LogP contribution in [0, 0.1) is 17.6 Å². The molecule has 2 aromatic carbocycles. The molecule has 0 spiro atoms. The Balaban J connectivity index is 1.57. The zero-order valence-electron chi connectivity index (χ0n) is 17.6. The number of carbonyl (C=O) groups excluding carboxylic acids is 1. The summed E-state index contributed by atoms with van der Waals surface area (Å²) >= 11 is 12.3. The van der Waals surface area contributed by atoms with E-state index in [1.807, 2.05) is 19.9 Å². The van der Waals surface area contributed by atoms with Gasteiger partial charge in [0.2, 0.25) is 5.91 Å². The van der Waals surface area contributed by atoms with E-state index in [0.717, 1.165) is 37.6 Å². The first kappa shape index (κ1) is 22.5. The van der Waals surface area contributed by atoms with Crippen molar-refractivity contribution in [2.24, 2.45) is 5.92 Å². The van der Waals surface area contributed by atoms with Gasteiger partial charge in [0.15, 0.2) is 11.6 Å². The molecule has 1 heterocycles. The quantitative estimate of drug-likeness (QED) is 0.556. The molecule has 0 radical (unpaired) electrons. The van der Waals surface area contributed by atoms with Crippen molar-refractivity contribution in [1.29, 1.82) is 0 Å². The first-order chi connectivity index (χ1) is 14.7. The van der Waals surface area contributed by atoms with E-state index in [1.54, 1.807) is 18.2 Å². The molecule has 1 saturated carbocycles. The number of rotatable bonds is 6. The molecule has 2 aliphatic rings. The Morgan fingerprint density at radius 2 is 1.81 bits per heavy atom. The van der Waals surface area contributed by atoms with Crippen molar-refractivity contribution in [2.45, 2.75) is 50.6 Å². The van der Waals surface area contributed by atoms with Gasteiger partial charge in [-0.25, -0.2) is 8.78 Å². The van der Waals surface area contributed by atoms with E-state index in [2.05, 4.69) is 10.2 Å². The van der Waals surface area contributed by atoms with Gasteiger partial charge in [-0.3, -0.25) is 9.69 Å². The second kappa shape index (κ2) is 8.68. The van der Waals surface area contributed by atoms with Crippen LogP contribution in [-0.4, -0.2) is 29.4 Å². The van der Waals surface area contributed by atoms with Crippen LogP contribution in [0.3, 0.4) is 0 Å². The summed E-state index contributed by atoms with van der Waals surface area (Å²) in [5.41, 5.74) is 1.01. The molecular weight excluding hydrogens is 441 g/mol. The lowest BCUT2D eigenvalue weighted by Crippen LogP contribution is -2.53. The average Bonchev–Trinajstić information content (AvgIpc) is 3.29. The van der Waals surface area contributed by atoms with Crippen molar-refractivity contribution >= 4 is 29.1 Å². The predicted octanol–water partition coefficient (Wildman–Crippen LogP) is 6.11. The van der Waals surface area contributed by atoms with Crippen molar-refractivity contribution in [3.8, 4) is 0 Å². The number of amides is 1. The molecule has 31 heavy (non-hydrogen) atoms. The lowest BCUT2D eigenvalue weighted by molar-refractivity contribution is -0.124. The van der Waals surface area contributed by atoms with Crippen LogP contribution in [0.1, 0.15) is 56.2 Å². The smallest absolute Gasteiger partial charge is 0.224 e. The third-order valence-electron chi connectivity index (χ3n) is 6.68. The molecule has 2 fully saturated rings. The van der Waals surface area contributed by atoms with Gasteiger partial charge in [-0.1, -0.05) is 35.3 Å². The Hall–Kier alpha value is -1.69. The molecule has 0 bridgehead atoms. The number of likely N-dealkylation sites (tertiary alicyclic amines) is 1. The maximum atomic E-state index is 14.0. The summed E-state index contributed by atoms with van der Waals surface area (Å²) in [6.45, 7) is 5.92. The SMILES string of the molecule is CC(C)(C(NC(=O)[C@@H]1C[C@H]1c1ccc(Cl)cc1Cl)c1ccc(F)c(F)c1)N1CCCC1. The standard InChI is InChI=1S/C24H26Cl2F2N2O/c1-24(2,30-9-3-4-10-30)22(14-5-8-20(27)21(28)11-14)29-23(31)18-13-17(18)16-7-6-15(25)12-19(16)26/h5-8,11-12,17-18,22H,3-4,9-10,13H2,1-2H3,(H,29,31)/t17-,18+,22?/m0/s1. The van der Waals surface area contributed by atoms with Crippen LogP contribution >= 0.6 is 23.2 Å². The van der Waals surface area contributed by atoms with E-state index < -0.39 is 23.2 Å². The number of carbonyl (C=O) groups is 1. The lowest BCUT2D eigenvalue weighted by Gasteiger charge is -2.42. The molecule has 1 amide bonds. The molecule has 7 heteroatoms. The molecular formula is C24H26Cl2F2N2O. The summed E-state index contributed by atoms with van der Waals surface area (Å²) in [7, 11) is 0. The second-order valence-corrected chi connectivity index (χ2v) is 9.92. The molecule has 3 nitrogen and oxygen atoms in total. The maximum absolute atomic E-state index is 14.0. The highest BCUT2D eigenvalue weighted by Gasteiger charge is 2.47. The molecule has 4 rings (SSSR count). The zero-order chi connectivity index (χ0) is 22.3. The van der Waals surface area contributed by atoms with Crippen LogP contribution in [-0.2, 0) is 4.79 Å². The fourth-order valence-electron chi connectivity index (χ4n) is 4.72. The normalized spacial score (nSPS) is 22.4. The van der Waals surface area contributed by atoms with E-state index >= 15 is 0 Å². The Morgan fingerprint density at radius 1 is 1.10 bits per heavy atom. The molecule has 2 aromatic rings. The Kier molecular flexibility index (Phi) is 6.30. The number of nitrogens with zero attached hydrogens (tertiary/aromatic N) is 1. The fraction of sp³-hybridized carbons (Fsp3) is 0.458. The van der Waals surface area contributed by atoms with E-state index in [1.165, 1.54) is 6.07 Å². The largest absolute Gasteiger partial charge is 0.347 e. The molecule has 166 valence electrons. The van der Waals surface area contributed by atoms with Crippen LogP contribution in [0.25, 0.3) is 0 Å². The van der Waals surface area contributed by atoms with Crippen LogP contribution < -0.4 is 5.32 Å². The first-order valence-electron chi connectivity index (χ1n) is 10.6. The molecule has 1 saturated heterocycles. The molecule has 1 unspecified atom stereocenters. The minimum Gasteiger partial charge on any atom is -0.347 e. The van der Waals surface area contributed by atoms with Crippen LogP contribution in [0.2, 0.25) is 10.0 Å². The topological polar surface area (TPSA) is 32.3 Å². The number of halogens is 4. The zero-order valence-corrected chi connectivity index (χ0v) is 19.1. The molecule has 3 atom stereocenters. The summed E-state index contributed by atoms with van der Waals surface area (Å²) in [5, 5.41) is 4.27. The van der Waals surface area contributed by atoms with Crippen molar-refractivity contribution < 1.29 is 13.6 Å². The average molecular weight is 467 g/mol. The van der Waals surface area contributed by atoms with Crippen LogP contribution in [0.5, 0.6) is 0 Å². The highest BCUT2D eigenvalue weighted by Crippen LogP contribution is 2.50. The highest BCUT2D eigenvalue weighted by atomic mass is 35.5. The number of benzene rings is 2. The monoisotopic (exact) mass is 466 g/mol. The Labute approximate surface area is 191 Å². The van der Waals surface area contributed by atoms with Gasteiger partial charge in [0.25, 0.3) is 0 Å². The van der Waals surface area contributed by atoms with Crippen molar-refractivity contribution in [1.82, 2.24) is 10.2 Å². The van der Waals surface area contributed by atoms with E-state index in [9.17, 15) is 13.6 Å². The molecule has 1 N–H and O–H groups in total. The minimum atomic E-state index is -0.911. The van der Waals surface area contributed by atoms with Gasteiger partial charge in [0.05, 0.1) is 6.04 Å². The number of hydrogen-bond donors (Lipinski definition) is 1. The van der Waals surface area contributed by atoms with Gasteiger partial charge in [0, 0.05) is 21.5 Å². The van der Waals surface area contributed by atoms with Gasteiger partial charge in [-0.05, 0) is 87.5 Å². The maximum Gasteiger partial charge on any atom is 0.224 e. The third-order valence-corrected chi connectivity index (χ3v) is 7.24. The first-order valence-corrected chi connectivity index (χ1v) is 11.4.